The lowest BCUT2D eigenvalue weighted by Crippen LogP contribution is -2.33. The van der Waals surface area contributed by atoms with Crippen molar-refractivity contribution in [3.8, 4) is 5.75 Å². The third kappa shape index (κ3) is 4.12. The monoisotopic (exact) mass is 312 g/mol. The average Bonchev–Trinajstić information content (AvgIpc) is 2.61. The van der Waals surface area contributed by atoms with Gasteiger partial charge in [0.2, 0.25) is 0 Å². The Balaban J connectivity index is 1.60. The van der Waals surface area contributed by atoms with Crippen LogP contribution in [0.1, 0.15) is 25.3 Å². The molecule has 2 aromatic rings. The van der Waals surface area contributed by atoms with Crippen LogP contribution in [0.2, 0.25) is 0 Å². The molecule has 1 fully saturated rings. The summed E-state index contributed by atoms with van der Waals surface area (Å²) in [5.41, 5.74) is 1.19. The number of hydrogen-bond acceptors (Lipinski definition) is 5. The first kappa shape index (κ1) is 15.6. The van der Waals surface area contributed by atoms with Gasteiger partial charge < -0.3 is 15.0 Å². The molecule has 122 valence electrons. The number of nitrogens with zero attached hydrogens (tertiary/aromatic N) is 3. The van der Waals surface area contributed by atoms with Crippen LogP contribution < -0.4 is 15.0 Å². The first-order valence-corrected chi connectivity index (χ1v) is 8.18. The van der Waals surface area contributed by atoms with Gasteiger partial charge in [-0.05, 0) is 36.5 Å². The van der Waals surface area contributed by atoms with Crippen molar-refractivity contribution in [2.75, 3.05) is 30.4 Å². The fourth-order valence-electron chi connectivity index (χ4n) is 2.79. The van der Waals surface area contributed by atoms with Gasteiger partial charge in [0, 0.05) is 25.7 Å². The maximum atomic E-state index is 5.18. The zero-order valence-electron chi connectivity index (χ0n) is 13.8. The van der Waals surface area contributed by atoms with Crippen LogP contribution in [0.3, 0.4) is 0 Å². The topological polar surface area (TPSA) is 50.3 Å². The third-order valence-corrected chi connectivity index (χ3v) is 4.39. The summed E-state index contributed by atoms with van der Waals surface area (Å²) in [5, 5.41) is 3.37. The number of hydrogen-bond donors (Lipinski definition) is 1. The van der Waals surface area contributed by atoms with E-state index < -0.39 is 0 Å². The predicted molar refractivity (Wildman–Crippen MR) is 93.0 cm³/mol. The number of nitrogens with one attached hydrogen (secondary N) is 1. The molecule has 0 aliphatic carbocycles. The molecule has 5 heteroatoms. The quantitative estimate of drug-likeness (QED) is 0.917. The Hall–Kier alpha value is -2.30. The maximum Gasteiger partial charge on any atom is 0.134 e. The van der Waals surface area contributed by atoms with Crippen molar-refractivity contribution in [2.24, 2.45) is 5.92 Å². The van der Waals surface area contributed by atoms with Crippen LogP contribution >= 0.6 is 0 Å². The zero-order valence-corrected chi connectivity index (χ0v) is 13.8. The molecule has 0 bridgehead atoms. The van der Waals surface area contributed by atoms with Crippen LogP contribution in [0.15, 0.2) is 36.7 Å². The Morgan fingerprint density at radius 2 is 1.91 bits per heavy atom. The minimum atomic E-state index is 0.734. The summed E-state index contributed by atoms with van der Waals surface area (Å²) in [6.07, 6.45) is 4.11. The minimum absolute atomic E-state index is 0.734. The lowest BCUT2D eigenvalue weighted by atomic mass is 9.99. The van der Waals surface area contributed by atoms with E-state index in [0.717, 1.165) is 42.9 Å². The van der Waals surface area contributed by atoms with Crippen LogP contribution in [-0.2, 0) is 6.54 Å². The second kappa shape index (κ2) is 7.31. The molecule has 0 radical (unpaired) electrons. The molecule has 1 N–H and O–H groups in total. The van der Waals surface area contributed by atoms with Gasteiger partial charge in [-0.15, -0.1) is 0 Å². The second-order valence-electron chi connectivity index (χ2n) is 6.13. The van der Waals surface area contributed by atoms with Gasteiger partial charge in [0.05, 0.1) is 7.11 Å². The molecule has 0 unspecified atom stereocenters. The highest BCUT2D eigenvalue weighted by atomic mass is 16.5. The van der Waals surface area contributed by atoms with Gasteiger partial charge in [-0.3, -0.25) is 0 Å². The standard InChI is InChI=1S/C18H24N4O/c1-14-7-9-22(10-8-14)18-11-17(20-13-21-18)19-12-15-3-5-16(23-2)6-4-15/h3-6,11,13-14H,7-10,12H2,1-2H3,(H,19,20,21). The zero-order chi connectivity index (χ0) is 16.1. The van der Waals surface area contributed by atoms with E-state index in [1.54, 1.807) is 13.4 Å². The van der Waals surface area contributed by atoms with Crippen LogP contribution in [0.5, 0.6) is 5.75 Å². The van der Waals surface area contributed by atoms with E-state index in [0.29, 0.717) is 0 Å². The van der Waals surface area contributed by atoms with Gasteiger partial charge in [-0.2, -0.15) is 0 Å². The van der Waals surface area contributed by atoms with Crippen LogP contribution in [0.4, 0.5) is 11.6 Å². The summed E-state index contributed by atoms with van der Waals surface area (Å²) < 4.78 is 5.18. The van der Waals surface area contributed by atoms with Crippen molar-refractivity contribution in [1.29, 1.82) is 0 Å². The molecule has 1 aromatic heterocycles. The number of aromatic nitrogens is 2. The fourth-order valence-corrected chi connectivity index (χ4v) is 2.79. The molecule has 23 heavy (non-hydrogen) atoms. The lowest BCUT2D eigenvalue weighted by Gasteiger charge is -2.31. The summed E-state index contributed by atoms with van der Waals surface area (Å²) in [6.45, 7) is 5.21. The van der Waals surface area contributed by atoms with E-state index in [-0.39, 0.29) is 0 Å². The average molecular weight is 312 g/mol. The summed E-state index contributed by atoms with van der Waals surface area (Å²) in [6, 6.07) is 10.1. The lowest BCUT2D eigenvalue weighted by molar-refractivity contribution is 0.414. The van der Waals surface area contributed by atoms with Crippen LogP contribution in [-0.4, -0.2) is 30.2 Å². The van der Waals surface area contributed by atoms with Gasteiger partial charge in [0.25, 0.3) is 0 Å². The smallest absolute Gasteiger partial charge is 0.134 e. The summed E-state index contributed by atoms with van der Waals surface area (Å²) in [5.74, 6) is 3.58. The van der Waals surface area contributed by atoms with Crippen molar-refractivity contribution < 1.29 is 4.74 Å². The number of piperidine rings is 1. The molecule has 1 saturated heterocycles. The SMILES string of the molecule is COc1ccc(CNc2cc(N3CCC(C)CC3)ncn2)cc1. The first-order valence-electron chi connectivity index (χ1n) is 8.18. The molecule has 0 amide bonds. The second-order valence-corrected chi connectivity index (χ2v) is 6.13. The highest BCUT2D eigenvalue weighted by Gasteiger charge is 2.17. The van der Waals surface area contributed by atoms with E-state index in [1.807, 2.05) is 18.2 Å². The van der Waals surface area contributed by atoms with Crippen LogP contribution in [0.25, 0.3) is 0 Å². The molecule has 5 nitrogen and oxygen atoms in total. The maximum absolute atomic E-state index is 5.18. The van der Waals surface area contributed by atoms with E-state index in [1.165, 1.54) is 18.4 Å². The number of benzene rings is 1. The fraction of sp³-hybridized carbons (Fsp3) is 0.444. The molecule has 0 saturated carbocycles. The molecule has 1 aliphatic heterocycles. The van der Waals surface area contributed by atoms with Gasteiger partial charge in [-0.25, -0.2) is 9.97 Å². The number of anilines is 2. The van der Waals surface area contributed by atoms with E-state index in [4.69, 9.17) is 4.74 Å². The van der Waals surface area contributed by atoms with Gasteiger partial charge in [0.1, 0.15) is 23.7 Å². The first-order chi connectivity index (χ1) is 11.2. The summed E-state index contributed by atoms with van der Waals surface area (Å²) >= 11 is 0. The predicted octanol–water partition coefficient (Wildman–Crippen LogP) is 3.33. The van der Waals surface area contributed by atoms with Crippen molar-refractivity contribution in [2.45, 2.75) is 26.3 Å². The molecule has 0 atom stereocenters. The minimum Gasteiger partial charge on any atom is -0.497 e. The van der Waals surface area contributed by atoms with E-state index in [2.05, 4.69) is 39.2 Å². The van der Waals surface area contributed by atoms with Gasteiger partial charge >= 0.3 is 0 Å². The molecule has 2 heterocycles. The molecular formula is C18H24N4O. The normalized spacial score (nSPS) is 15.5. The van der Waals surface area contributed by atoms with Crippen molar-refractivity contribution in [3.05, 3.63) is 42.2 Å². The van der Waals surface area contributed by atoms with Crippen LogP contribution in [0, 0.1) is 5.92 Å². The Labute approximate surface area is 137 Å². The number of ether oxygens (including phenoxy) is 1. The molecule has 3 rings (SSSR count). The molecular weight excluding hydrogens is 288 g/mol. The summed E-state index contributed by atoms with van der Waals surface area (Å²) in [7, 11) is 1.68. The molecule has 1 aliphatic rings. The summed E-state index contributed by atoms with van der Waals surface area (Å²) in [4.78, 5) is 11.1. The Morgan fingerprint density at radius 3 is 2.61 bits per heavy atom. The number of rotatable bonds is 5. The van der Waals surface area contributed by atoms with Gasteiger partial charge in [0.15, 0.2) is 0 Å². The van der Waals surface area contributed by atoms with Crippen molar-refractivity contribution in [3.63, 3.8) is 0 Å². The molecule has 0 spiro atoms. The largest absolute Gasteiger partial charge is 0.497 e. The van der Waals surface area contributed by atoms with Gasteiger partial charge in [-0.1, -0.05) is 19.1 Å². The Kier molecular flexibility index (Phi) is 4.95. The van der Waals surface area contributed by atoms with Crippen molar-refractivity contribution >= 4 is 11.6 Å². The van der Waals surface area contributed by atoms with E-state index >= 15 is 0 Å². The van der Waals surface area contributed by atoms with E-state index in [9.17, 15) is 0 Å². The highest BCUT2D eigenvalue weighted by Crippen LogP contribution is 2.22. The van der Waals surface area contributed by atoms with Crippen molar-refractivity contribution in [1.82, 2.24) is 9.97 Å². The Bertz CT molecular complexity index is 621. The Morgan fingerprint density at radius 1 is 1.17 bits per heavy atom. The highest BCUT2D eigenvalue weighted by molar-refractivity contribution is 5.49. The third-order valence-electron chi connectivity index (χ3n) is 4.39. The number of methoxy groups -OCH3 is 1. The molecule has 1 aromatic carbocycles.